The van der Waals surface area contributed by atoms with Crippen molar-refractivity contribution in [3.05, 3.63) is 34.6 Å². The van der Waals surface area contributed by atoms with Gasteiger partial charge >= 0.3 is 0 Å². The van der Waals surface area contributed by atoms with Crippen molar-refractivity contribution in [1.29, 1.82) is 0 Å². The van der Waals surface area contributed by atoms with Crippen molar-refractivity contribution in [2.75, 3.05) is 20.8 Å². The summed E-state index contributed by atoms with van der Waals surface area (Å²) in [5, 5.41) is 3.76. The second kappa shape index (κ2) is 6.84. The fourth-order valence-electron chi connectivity index (χ4n) is 1.58. The molecule has 1 N–H and O–H groups in total. The van der Waals surface area contributed by atoms with Gasteiger partial charge in [0.05, 0.1) is 6.61 Å². The Kier molecular flexibility index (Phi) is 5.74. The Balaban J connectivity index is 2.55. The highest BCUT2D eigenvalue weighted by Crippen LogP contribution is 2.19. The van der Waals surface area contributed by atoms with Crippen molar-refractivity contribution in [3.63, 3.8) is 0 Å². The lowest BCUT2D eigenvalue weighted by Crippen LogP contribution is -2.30. The lowest BCUT2D eigenvalue weighted by atomic mass is 10.1. The number of hydrogen-bond donors (Lipinski definition) is 1. The maximum Gasteiger partial charge on any atom is 0.123 e. The van der Waals surface area contributed by atoms with Gasteiger partial charge in [0, 0.05) is 18.2 Å². The van der Waals surface area contributed by atoms with Gasteiger partial charge in [0.1, 0.15) is 5.82 Å². The van der Waals surface area contributed by atoms with E-state index in [1.807, 2.05) is 7.05 Å². The topological polar surface area (TPSA) is 21.3 Å². The predicted molar refractivity (Wildman–Crippen MR) is 64.5 cm³/mol. The maximum absolute atomic E-state index is 13.0. The first-order valence-corrected chi connectivity index (χ1v) is 5.65. The zero-order valence-electron chi connectivity index (χ0n) is 9.59. The standard InChI is InChI=1S/C12H17ClFNO/c1-15-11(8-16-2)5-3-9-7-10(14)4-6-12(9)13/h4,6-7,11,15H,3,5,8H2,1-2H3. The molecule has 0 aliphatic heterocycles. The number of ether oxygens (including phenoxy) is 1. The van der Waals surface area contributed by atoms with Crippen LogP contribution in [0.4, 0.5) is 4.39 Å². The van der Waals surface area contributed by atoms with Gasteiger partial charge in [-0.15, -0.1) is 0 Å². The minimum atomic E-state index is -0.243. The number of methoxy groups -OCH3 is 1. The van der Waals surface area contributed by atoms with Crippen molar-refractivity contribution in [2.45, 2.75) is 18.9 Å². The lowest BCUT2D eigenvalue weighted by Gasteiger charge is -2.15. The van der Waals surface area contributed by atoms with Crippen LogP contribution in [0.5, 0.6) is 0 Å². The van der Waals surface area contributed by atoms with Crippen LogP contribution in [0.3, 0.4) is 0 Å². The van der Waals surface area contributed by atoms with Gasteiger partial charge in [-0.1, -0.05) is 11.6 Å². The average Bonchev–Trinajstić information content (AvgIpc) is 2.28. The third kappa shape index (κ3) is 4.08. The van der Waals surface area contributed by atoms with E-state index in [1.165, 1.54) is 12.1 Å². The smallest absolute Gasteiger partial charge is 0.123 e. The number of rotatable bonds is 6. The molecule has 2 nitrogen and oxygen atoms in total. The Morgan fingerprint density at radius 2 is 2.25 bits per heavy atom. The molecular weight excluding hydrogens is 229 g/mol. The number of nitrogens with one attached hydrogen (secondary N) is 1. The SMILES string of the molecule is CNC(CCc1cc(F)ccc1Cl)COC. The summed E-state index contributed by atoms with van der Waals surface area (Å²) in [6.07, 6.45) is 1.61. The molecule has 0 saturated heterocycles. The van der Waals surface area contributed by atoms with Crippen LogP contribution >= 0.6 is 11.6 Å². The van der Waals surface area contributed by atoms with Crippen LogP contribution in [0.25, 0.3) is 0 Å². The fourth-order valence-corrected chi connectivity index (χ4v) is 1.79. The van der Waals surface area contributed by atoms with Crippen LogP contribution in [0.1, 0.15) is 12.0 Å². The third-order valence-corrected chi connectivity index (χ3v) is 2.91. The first-order chi connectivity index (χ1) is 7.67. The highest BCUT2D eigenvalue weighted by molar-refractivity contribution is 6.31. The van der Waals surface area contributed by atoms with Crippen LogP contribution < -0.4 is 5.32 Å². The molecule has 0 spiro atoms. The van der Waals surface area contributed by atoms with Gasteiger partial charge < -0.3 is 10.1 Å². The number of halogens is 2. The van der Waals surface area contributed by atoms with E-state index < -0.39 is 0 Å². The normalized spacial score (nSPS) is 12.8. The molecule has 0 aliphatic carbocycles. The first-order valence-electron chi connectivity index (χ1n) is 5.27. The van der Waals surface area contributed by atoms with E-state index in [9.17, 15) is 4.39 Å². The van der Waals surface area contributed by atoms with Gasteiger partial charge in [-0.3, -0.25) is 0 Å². The quantitative estimate of drug-likeness (QED) is 0.832. The Morgan fingerprint density at radius 3 is 2.88 bits per heavy atom. The molecule has 0 bridgehead atoms. The summed E-state index contributed by atoms with van der Waals surface area (Å²) in [6, 6.07) is 4.72. The number of hydrogen-bond acceptors (Lipinski definition) is 2. The van der Waals surface area contributed by atoms with E-state index in [2.05, 4.69) is 5.32 Å². The largest absolute Gasteiger partial charge is 0.383 e. The summed E-state index contributed by atoms with van der Waals surface area (Å²) in [6.45, 7) is 0.642. The summed E-state index contributed by atoms with van der Waals surface area (Å²) in [5.74, 6) is -0.243. The van der Waals surface area contributed by atoms with Crippen LogP contribution in [-0.4, -0.2) is 26.8 Å². The summed E-state index contributed by atoms with van der Waals surface area (Å²) in [4.78, 5) is 0. The van der Waals surface area contributed by atoms with Gasteiger partial charge in [-0.2, -0.15) is 0 Å². The van der Waals surface area contributed by atoms with Crippen LogP contribution in [0.2, 0.25) is 5.02 Å². The monoisotopic (exact) mass is 245 g/mol. The zero-order chi connectivity index (χ0) is 12.0. The fraction of sp³-hybridized carbons (Fsp3) is 0.500. The molecule has 0 radical (unpaired) electrons. The van der Waals surface area contributed by atoms with Crippen molar-refractivity contribution in [2.24, 2.45) is 0 Å². The summed E-state index contributed by atoms with van der Waals surface area (Å²) in [7, 11) is 3.55. The highest BCUT2D eigenvalue weighted by Gasteiger charge is 2.08. The summed E-state index contributed by atoms with van der Waals surface area (Å²) >= 11 is 5.98. The number of benzene rings is 1. The van der Waals surface area contributed by atoms with Crippen molar-refractivity contribution >= 4 is 11.6 Å². The molecule has 90 valence electrons. The third-order valence-electron chi connectivity index (χ3n) is 2.55. The molecule has 0 aromatic heterocycles. The van der Waals surface area contributed by atoms with Crippen molar-refractivity contribution in [3.8, 4) is 0 Å². The van der Waals surface area contributed by atoms with Gasteiger partial charge in [0.15, 0.2) is 0 Å². The van der Waals surface area contributed by atoms with E-state index >= 15 is 0 Å². The Bertz CT molecular complexity index is 333. The molecule has 0 heterocycles. The molecular formula is C12H17ClFNO. The molecule has 1 aromatic rings. The van der Waals surface area contributed by atoms with Gasteiger partial charge in [0.25, 0.3) is 0 Å². The van der Waals surface area contributed by atoms with E-state index in [-0.39, 0.29) is 11.9 Å². The minimum Gasteiger partial charge on any atom is -0.383 e. The zero-order valence-corrected chi connectivity index (χ0v) is 10.4. The van der Waals surface area contributed by atoms with Gasteiger partial charge in [-0.05, 0) is 43.7 Å². The molecule has 4 heteroatoms. The Morgan fingerprint density at radius 1 is 1.50 bits per heavy atom. The minimum absolute atomic E-state index is 0.243. The highest BCUT2D eigenvalue weighted by atomic mass is 35.5. The average molecular weight is 246 g/mol. The molecule has 1 rings (SSSR count). The van der Waals surface area contributed by atoms with Crippen LogP contribution in [0.15, 0.2) is 18.2 Å². The van der Waals surface area contributed by atoms with E-state index in [0.29, 0.717) is 11.6 Å². The van der Waals surface area contributed by atoms with E-state index in [1.54, 1.807) is 13.2 Å². The van der Waals surface area contributed by atoms with E-state index in [0.717, 1.165) is 18.4 Å². The lowest BCUT2D eigenvalue weighted by molar-refractivity contribution is 0.166. The molecule has 1 aromatic carbocycles. The second-order valence-corrected chi connectivity index (χ2v) is 4.12. The molecule has 0 saturated carbocycles. The molecule has 0 aliphatic rings. The molecule has 1 atom stereocenters. The number of aryl methyl sites for hydroxylation is 1. The molecule has 0 fully saturated rings. The first kappa shape index (κ1) is 13.4. The van der Waals surface area contributed by atoms with E-state index in [4.69, 9.17) is 16.3 Å². The Hall–Kier alpha value is -0.640. The summed E-state index contributed by atoms with van der Waals surface area (Å²) in [5.41, 5.74) is 0.845. The van der Waals surface area contributed by atoms with Crippen LogP contribution in [0, 0.1) is 5.82 Å². The molecule has 16 heavy (non-hydrogen) atoms. The van der Waals surface area contributed by atoms with Gasteiger partial charge in [0.2, 0.25) is 0 Å². The Labute approximate surface area is 101 Å². The predicted octanol–water partition coefficient (Wildman–Crippen LogP) is 2.65. The molecule has 1 unspecified atom stereocenters. The summed E-state index contributed by atoms with van der Waals surface area (Å²) < 4.78 is 18.1. The second-order valence-electron chi connectivity index (χ2n) is 3.72. The maximum atomic E-state index is 13.0. The van der Waals surface area contributed by atoms with Crippen molar-refractivity contribution < 1.29 is 9.13 Å². The molecule has 0 amide bonds. The van der Waals surface area contributed by atoms with Crippen LogP contribution in [-0.2, 0) is 11.2 Å². The number of likely N-dealkylation sites (N-methyl/N-ethyl adjacent to an activating group) is 1. The van der Waals surface area contributed by atoms with Crippen molar-refractivity contribution in [1.82, 2.24) is 5.32 Å². The van der Waals surface area contributed by atoms with Gasteiger partial charge in [-0.25, -0.2) is 4.39 Å².